The number of nitrogens with zero attached hydrogens (tertiary/aromatic N) is 3. The lowest BCUT2D eigenvalue weighted by Gasteiger charge is -2.22. The highest BCUT2D eigenvalue weighted by Gasteiger charge is 2.24. The highest BCUT2D eigenvalue weighted by Crippen LogP contribution is 2.30. The molecule has 2 aromatic rings. The van der Waals surface area contributed by atoms with E-state index in [4.69, 9.17) is 23.2 Å². The van der Waals surface area contributed by atoms with E-state index in [0.717, 1.165) is 25.9 Å². The van der Waals surface area contributed by atoms with Crippen LogP contribution in [0.2, 0.25) is 10.0 Å². The average molecular weight is 382 g/mol. The summed E-state index contributed by atoms with van der Waals surface area (Å²) in [6, 6.07) is 5.39. The molecule has 2 N–H and O–H groups in total. The van der Waals surface area contributed by atoms with Gasteiger partial charge in [-0.15, -0.1) is 5.10 Å². The summed E-state index contributed by atoms with van der Waals surface area (Å²) >= 11 is 12.6. The van der Waals surface area contributed by atoms with Gasteiger partial charge >= 0.3 is 0 Å². The second-order valence-corrected chi connectivity index (χ2v) is 7.24. The summed E-state index contributed by atoms with van der Waals surface area (Å²) in [5.41, 5.74) is 0.544. The number of rotatable bonds is 4. The van der Waals surface area contributed by atoms with Crippen molar-refractivity contribution >= 4 is 29.1 Å². The smallest absolute Gasteiger partial charge is 0.291 e. The predicted molar refractivity (Wildman–Crippen MR) is 98.8 cm³/mol. The Kier molecular flexibility index (Phi) is 5.61. The topological polar surface area (TPSA) is 71.8 Å². The van der Waals surface area contributed by atoms with E-state index in [1.54, 1.807) is 22.9 Å². The fraction of sp³-hybridized carbons (Fsp3) is 0.471. The monoisotopic (exact) mass is 381 g/mol. The van der Waals surface area contributed by atoms with Crippen LogP contribution in [-0.2, 0) is 0 Å². The SMILES string of the molecule is CC(C)c1nc(C(=O)NC2CCNCC2)nn1-c1c(Cl)cccc1Cl. The van der Waals surface area contributed by atoms with Gasteiger partial charge in [0.25, 0.3) is 5.91 Å². The van der Waals surface area contributed by atoms with Crippen molar-refractivity contribution in [2.24, 2.45) is 0 Å². The minimum absolute atomic E-state index is 0.0558. The van der Waals surface area contributed by atoms with Crippen molar-refractivity contribution in [3.63, 3.8) is 0 Å². The molecule has 134 valence electrons. The molecule has 1 aromatic heterocycles. The second kappa shape index (κ2) is 7.72. The van der Waals surface area contributed by atoms with E-state index in [-0.39, 0.29) is 23.7 Å². The standard InChI is InChI=1S/C17H21Cl2N5O/c1-10(2)16-22-15(17(25)21-11-6-8-20-9-7-11)23-24(16)14-12(18)4-3-5-13(14)19/h3-5,10-11,20H,6-9H2,1-2H3,(H,21,25). The van der Waals surface area contributed by atoms with Gasteiger partial charge in [-0.3, -0.25) is 4.79 Å². The van der Waals surface area contributed by atoms with Crippen molar-refractivity contribution in [3.8, 4) is 5.69 Å². The van der Waals surface area contributed by atoms with Crippen molar-refractivity contribution < 1.29 is 4.79 Å². The molecule has 0 atom stereocenters. The molecule has 0 aliphatic carbocycles. The van der Waals surface area contributed by atoms with E-state index in [1.165, 1.54) is 0 Å². The third-order valence-corrected chi connectivity index (χ3v) is 4.79. The van der Waals surface area contributed by atoms with Crippen molar-refractivity contribution in [2.45, 2.75) is 38.6 Å². The maximum absolute atomic E-state index is 12.6. The van der Waals surface area contributed by atoms with Crippen molar-refractivity contribution in [2.75, 3.05) is 13.1 Å². The van der Waals surface area contributed by atoms with Crippen molar-refractivity contribution in [3.05, 3.63) is 39.9 Å². The van der Waals surface area contributed by atoms with Gasteiger partial charge in [0.15, 0.2) is 0 Å². The third-order valence-electron chi connectivity index (χ3n) is 4.18. The molecule has 0 saturated carbocycles. The molecule has 0 radical (unpaired) electrons. The van der Waals surface area contributed by atoms with Crippen molar-refractivity contribution in [1.29, 1.82) is 0 Å². The summed E-state index contributed by atoms with van der Waals surface area (Å²) in [7, 11) is 0. The molecule has 1 saturated heterocycles. The largest absolute Gasteiger partial charge is 0.346 e. The minimum Gasteiger partial charge on any atom is -0.346 e. The summed E-state index contributed by atoms with van der Waals surface area (Å²) in [5.74, 6) is 0.569. The second-order valence-electron chi connectivity index (χ2n) is 6.43. The van der Waals surface area contributed by atoms with E-state index < -0.39 is 0 Å². The van der Waals surface area contributed by atoms with Gasteiger partial charge < -0.3 is 10.6 Å². The number of halogens is 2. The van der Waals surface area contributed by atoms with Crippen LogP contribution < -0.4 is 10.6 Å². The highest BCUT2D eigenvalue weighted by molar-refractivity contribution is 6.37. The first-order chi connectivity index (χ1) is 12.0. The molecule has 25 heavy (non-hydrogen) atoms. The zero-order valence-corrected chi connectivity index (χ0v) is 15.7. The van der Waals surface area contributed by atoms with Crippen molar-refractivity contribution in [1.82, 2.24) is 25.4 Å². The Hall–Kier alpha value is -1.63. The molecule has 1 aromatic carbocycles. The van der Waals surface area contributed by atoms with Gasteiger partial charge in [-0.05, 0) is 38.1 Å². The van der Waals surface area contributed by atoms with Crippen LogP contribution in [0.15, 0.2) is 18.2 Å². The van der Waals surface area contributed by atoms with Gasteiger partial charge in [0.1, 0.15) is 11.5 Å². The summed E-state index contributed by atoms with van der Waals surface area (Å²) in [6.45, 7) is 5.78. The Balaban J connectivity index is 1.93. The Morgan fingerprint density at radius 3 is 2.52 bits per heavy atom. The fourth-order valence-electron chi connectivity index (χ4n) is 2.87. The average Bonchev–Trinajstić information content (AvgIpc) is 3.01. The summed E-state index contributed by atoms with van der Waals surface area (Å²) in [6.07, 6.45) is 1.81. The van der Waals surface area contributed by atoms with Gasteiger partial charge in [0.05, 0.1) is 10.0 Å². The molecular formula is C17H21Cl2N5O. The Morgan fingerprint density at radius 1 is 1.28 bits per heavy atom. The number of nitrogens with one attached hydrogen (secondary N) is 2. The number of piperidine rings is 1. The van der Waals surface area contributed by atoms with Crippen LogP contribution in [0.3, 0.4) is 0 Å². The number of para-hydroxylation sites is 1. The molecule has 0 spiro atoms. The predicted octanol–water partition coefficient (Wildman–Crippen LogP) is 3.18. The molecule has 0 unspecified atom stereocenters. The molecule has 1 amide bonds. The number of carbonyl (C=O) groups excluding carboxylic acids is 1. The molecule has 0 bridgehead atoms. The molecule has 3 rings (SSSR count). The van der Waals surface area contributed by atoms with Crippen LogP contribution in [-0.4, -0.2) is 39.8 Å². The van der Waals surface area contributed by atoms with Gasteiger partial charge in [0.2, 0.25) is 5.82 Å². The number of hydrogen-bond donors (Lipinski definition) is 2. The lowest BCUT2D eigenvalue weighted by Crippen LogP contribution is -2.43. The summed E-state index contributed by atoms with van der Waals surface area (Å²) in [4.78, 5) is 17.0. The quantitative estimate of drug-likeness (QED) is 0.852. The number of amides is 1. The van der Waals surface area contributed by atoms with Gasteiger partial charge in [0, 0.05) is 12.0 Å². The zero-order chi connectivity index (χ0) is 18.0. The number of aromatic nitrogens is 3. The summed E-state index contributed by atoms with van der Waals surface area (Å²) < 4.78 is 1.58. The number of carbonyl (C=O) groups is 1. The molecule has 1 aliphatic rings. The first kappa shape index (κ1) is 18.2. The molecule has 8 heteroatoms. The lowest BCUT2D eigenvalue weighted by atomic mass is 10.1. The van der Waals surface area contributed by atoms with E-state index in [0.29, 0.717) is 21.6 Å². The van der Waals surface area contributed by atoms with Gasteiger partial charge in [-0.25, -0.2) is 9.67 Å². The number of hydrogen-bond acceptors (Lipinski definition) is 4. The summed E-state index contributed by atoms with van der Waals surface area (Å²) in [5, 5.41) is 11.6. The molecule has 1 fully saturated rings. The first-order valence-electron chi connectivity index (χ1n) is 8.40. The van der Waals surface area contributed by atoms with E-state index in [1.807, 2.05) is 13.8 Å². The Morgan fingerprint density at radius 2 is 1.92 bits per heavy atom. The normalized spacial score (nSPS) is 15.6. The minimum atomic E-state index is -0.268. The van der Waals surface area contributed by atoms with Crippen LogP contribution in [0.25, 0.3) is 5.69 Å². The molecule has 1 aliphatic heterocycles. The highest BCUT2D eigenvalue weighted by atomic mass is 35.5. The van der Waals surface area contributed by atoms with Crippen LogP contribution in [0.1, 0.15) is 49.1 Å². The van der Waals surface area contributed by atoms with Crippen LogP contribution in [0.4, 0.5) is 0 Å². The van der Waals surface area contributed by atoms with Crippen LogP contribution in [0, 0.1) is 0 Å². The van der Waals surface area contributed by atoms with Gasteiger partial charge in [-0.1, -0.05) is 43.1 Å². The molecular weight excluding hydrogens is 361 g/mol. The number of benzene rings is 1. The maximum atomic E-state index is 12.6. The third kappa shape index (κ3) is 3.97. The van der Waals surface area contributed by atoms with Crippen LogP contribution >= 0.6 is 23.2 Å². The first-order valence-corrected chi connectivity index (χ1v) is 9.16. The molecule has 6 nitrogen and oxygen atoms in total. The Labute approximate surface area is 156 Å². The van der Waals surface area contributed by atoms with E-state index in [9.17, 15) is 4.79 Å². The fourth-order valence-corrected chi connectivity index (χ4v) is 3.42. The maximum Gasteiger partial charge on any atom is 0.291 e. The van der Waals surface area contributed by atoms with E-state index >= 15 is 0 Å². The van der Waals surface area contributed by atoms with Crippen LogP contribution in [0.5, 0.6) is 0 Å². The lowest BCUT2D eigenvalue weighted by molar-refractivity contribution is 0.0919. The van der Waals surface area contributed by atoms with E-state index in [2.05, 4.69) is 20.7 Å². The van der Waals surface area contributed by atoms with Gasteiger partial charge in [-0.2, -0.15) is 0 Å². The zero-order valence-electron chi connectivity index (χ0n) is 14.2. The Bertz CT molecular complexity index is 748. The molecule has 2 heterocycles.